The van der Waals surface area contributed by atoms with Gasteiger partial charge in [0.25, 0.3) is 5.91 Å². The topological polar surface area (TPSA) is 283 Å². The first-order valence-corrected chi connectivity index (χ1v) is 29.5. The molecule has 0 saturated carbocycles. The summed E-state index contributed by atoms with van der Waals surface area (Å²) < 4.78 is 0. The van der Waals surface area contributed by atoms with Crippen LogP contribution in [0, 0.1) is 17.2 Å². The number of hydrogen-bond acceptors (Lipinski definition) is 12. The molecule has 0 aliphatic carbocycles. The molecule has 7 amide bonds. The second kappa shape index (κ2) is 29.0. The lowest BCUT2D eigenvalue weighted by Gasteiger charge is -2.37. The van der Waals surface area contributed by atoms with Crippen molar-refractivity contribution in [3.8, 4) is 10.4 Å². The predicted molar refractivity (Wildman–Crippen MR) is 308 cm³/mol. The molecule has 436 valence electrons. The molecule has 81 heavy (non-hydrogen) atoms. The summed E-state index contributed by atoms with van der Waals surface area (Å²) in [6, 6.07) is 21.8. The number of aliphatic hydroxyl groups excluding tert-OH is 1. The minimum atomic E-state index is -1.12. The summed E-state index contributed by atoms with van der Waals surface area (Å²) in [4.78, 5) is 119. The lowest BCUT2D eigenvalue weighted by molar-refractivity contribution is -0.657. The number of nitrogens with two attached hydrogens (primary N) is 2. The lowest BCUT2D eigenvalue weighted by atomic mass is 9.85. The molecule has 0 bridgehead atoms. The van der Waals surface area contributed by atoms with E-state index in [9.17, 15) is 43.6 Å². The minimum absolute atomic E-state index is 0.0150. The number of carbonyl (C=O) groups excluding carboxylic acids is 7. The lowest BCUT2D eigenvalue weighted by Crippen LogP contribution is -2.60. The van der Waals surface area contributed by atoms with Gasteiger partial charge >= 0.3 is 6.17 Å². The zero-order valence-corrected chi connectivity index (χ0v) is 48.0. The number of primary amides is 1. The van der Waals surface area contributed by atoms with Crippen molar-refractivity contribution < 1.29 is 43.5 Å². The van der Waals surface area contributed by atoms with Crippen LogP contribution in [0.3, 0.4) is 0 Å². The van der Waals surface area contributed by atoms with E-state index in [1.54, 1.807) is 21.7 Å². The van der Waals surface area contributed by atoms with Crippen LogP contribution in [-0.4, -0.2) is 133 Å². The van der Waals surface area contributed by atoms with E-state index in [0.29, 0.717) is 49.9 Å². The molecule has 3 saturated heterocycles. The first-order chi connectivity index (χ1) is 38.8. The summed E-state index contributed by atoms with van der Waals surface area (Å²) in [7, 11) is 0. The van der Waals surface area contributed by atoms with Gasteiger partial charge in [0.2, 0.25) is 35.4 Å². The maximum atomic E-state index is 14.1. The molecule has 0 spiro atoms. The number of unbranched alkanes of at least 4 members (excludes halogenated alkanes) is 6. The second-order valence-corrected chi connectivity index (χ2v) is 23.7. The number of hydrazine groups is 1. The minimum Gasteiger partial charge on any atom is -0.391 e. The molecule has 0 radical (unpaired) electrons. The number of thiazole rings is 1. The molecule has 3 aromatic carbocycles. The number of aromatic nitrogens is 1. The van der Waals surface area contributed by atoms with E-state index in [1.807, 2.05) is 113 Å². The molecule has 3 aliphatic rings. The Kier molecular flexibility index (Phi) is 22.1. The third kappa shape index (κ3) is 17.0. The summed E-state index contributed by atoms with van der Waals surface area (Å²) in [6.45, 7) is 8.12. The van der Waals surface area contributed by atoms with Crippen molar-refractivity contribution in [2.75, 3.05) is 19.6 Å². The number of rotatable bonds is 26. The molecule has 9 N–H and O–H groups in total. The third-order valence-corrected chi connectivity index (χ3v) is 16.6. The highest BCUT2D eigenvalue weighted by Crippen LogP contribution is 2.32. The molecule has 4 aromatic rings. The fraction of sp³-hybridized carbons (Fsp3) is 0.533. The Balaban J connectivity index is 0.801. The maximum absolute atomic E-state index is 14.1. The van der Waals surface area contributed by atoms with Crippen molar-refractivity contribution >= 4 is 52.7 Å². The van der Waals surface area contributed by atoms with E-state index >= 15 is 0 Å². The van der Waals surface area contributed by atoms with Crippen molar-refractivity contribution in [2.24, 2.45) is 16.9 Å². The van der Waals surface area contributed by atoms with Gasteiger partial charge in [-0.05, 0) is 73.1 Å². The fourth-order valence-corrected chi connectivity index (χ4v) is 11.9. The van der Waals surface area contributed by atoms with Crippen molar-refractivity contribution in [1.82, 2.24) is 41.1 Å². The zero-order chi connectivity index (χ0) is 58.2. The standard InChI is InChI=1S/C60H81N11O9S/c1-39-54(81-38-63-39)43-26-24-40(25-27-43)35-64-71(80)51-34-45(72)36-69(51)59(79)55(60(2,3)4)66-50(74)22-16-8-6-5-7-9-17-23-52(75)68-33-32-44-28-30-48(70(44)58(78)46(61)37-68)57(77)65-47(29-31-49(62)73)56(76)67-53(41-18-12-10-13-19-41)42-20-14-11-15-21-42/h10-15,18-21,24-27,38,44-48,51,53,55,72H,5-9,16-17,22-23,28-37,61H2,1-4H3,(H5-,62,64,65,66,67,73,74,76,77,80)/p+1/t44-,45?,46+,47+,48+,51-,55-/m1/s1. The fourth-order valence-electron chi connectivity index (χ4n) is 11.1. The number of carbonyl (C=O) groups is 7. The molecule has 1 aromatic heterocycles. The van der Waals surface area contributed by atoms with Crippen LogP contribution in [0.2, 0.25) is 0 Å². The first-order valence-electron chi connectivity index (χ1n) is 28.6. The third-order valence-electron chi connectivity index (χ3n) is 15.7. The Morgan fingerprint density at radius 3 is 2.04 bits per heavy atom. The monoisotopic (exact) mass is 1130 g/mol. The van der Waals surface area contributed by atoms with Gasteiger partial charge in [-0.2, -0.15) is 0 Å². The van der Waals surface area contributed by atoms with Gasteiger partial charge < -0.3 is 42.3 Å². The Bertz CT molecular complexity index is 2750. The van der Waals surface area contributed by atoms with Gasteiger partial charge in [0, 0.05) is 38.4 Å². The Morgan fingerprint density at radius 2 is 1.43 bits per heavy atom. The number of nitrogens with zero attached hydrogens (tertiary/aromatic N) is 5. The van der Waals surface area contributed by atoms with Crippen LogP contribution in [0.4, 0.5) is 0 Å². The van der Waals surface area contributed by atoms with Gasteiger partial charge in [-0.25, -0.2) is 4.98 Å². The Morgan fingerprint density at radius 1 is 0.802 bits per heavy atom. The van der Waals surface area contributed by atoms with Gasteiger partial charge in [-0.3, -0.25) is 38.5 Å². The molecule has 7 rings (SSSR count). The average molecular weight is 1130 g/mol. The predicted octanol–water partition coefficient (Wildman–Crippen LogP) is 5.44. The highest BCUT2D eigenvalue weighted by molar-refractivity contribution is 7.13. The number of likely N-dealkylation sites (tertiary alicyclic amines) is 1. The number of β-amino-alcohol motifs (C(OH)–C–C–N with tert-alkyl or cyclic N) is 1. The van der Waals surface area contributed by atoms with Gasteiger partial charge in [0.1, 0.15) is 29.0 Å². The molecular weight excluding hydrogens is 1050 g/mol. The number of aryl methyl sites for hydroxylation is 1. The van der Waals surface area contributed by atoms with Crippen LogP contribution < -0.4 is 32.8 Å². The van der Waals surface area contributed by atoms with E-state index in [2.05, 4.69) is 26.4 Å². The number of fused-ring (bicyclic) bond motifs is 1. The molecule has 1 unspecified atom stereocenters. The number of aliphatic hydroxyl groups is 1. The van der Waals surface area contributed by atoms with Crippen LogP contribution in [0.25, 0.3) is 10.4 Å². The van der Waals surface area contributed by atoms with Gasteiger partial charge in [-0.15, -0.1) is 16.8 Å². The largest absolute Gasteiger partial charge is 0.391 e. The summed E-state index contributed by atoms with van der Waals surface area (Å²) in [6.07, 6.45) is 5.53. The van der Waals surface area contributed by atoms with Crippen LogP contribution in [-0.2, 0) is 40.1 Å². The second-order valence-electron chi connectivity index (χ2n) is 22.9. The number of hydrogen-bond donors (Lipinski definition) is 7. The van der Waals surface area contributed by atoms with Crippen LogP contribution >= 0.6 is 11.3 Å². The van der Waals surface area contributed by atoms with Crippen molar-refractivity contribution in [3.63, 3.8) is 0 Å². The van der Waals surface area contributed by atoms with Gasteiger partial charge in [-0.1, -0.05) is 138 Å². The molecule has 3 fully saturated rings. The van der Waals surface area contributed by atoms with Crippen molar-refractivity contribution in [3.05, 3.63) is 118 Å². The van der Waals surface area contributed by atoms with E-state index in [0.717, 1.165) is 64.9 Å². The smallest absolute Gasteiger partial charge is 0.313 e. The van der Waals surface area contributed by atoms with E-state index in [4.69, 9.17) is 11.5 Å². The molecular formula is C60H82N11O9S+. The molecule has 21 heteroatoms. The highest BCUT2D eigenvalue weighted by atomic mass is 32.1. The summed E-state index contributed by atoms with van der Waals surface area (Å²) >= 11 is 1.56. The molecule has 7 atom stereocenters. The van der Waals surface area contributed by atoms with Gasteiger partial charge in [0.15, 0.2) is 0 Å². The summed E-state index contributed by atoms with van der Waals surface area (Å²) in [5.74, 6) is -2.84. The Hall–Kier alpha value is -7.10. The normalized spacial score (nSPS) is 20.0. The number of nitrogens with one attached hydrogen (secondary N) is 4. The quantitative estimate of drug-likeness (QED) is 0.0235. The molecule has 20 nitrogen and oxygen atoms in total. The van der Waals surface area contributed by atoms with Crippen LogP contribution in [0.15, 0.2) is 90.4 Å². The molecule has 4 heterocycles. The summed E-state index contributed by atoms with van der Waals surface area (Å²) in [5.41, 5.74) is 20.5. The maximum Gasteiger partial charge on any atom is 0.313 e. The SMILES string of the molecule is Cc1ncsc1-c1ccc(CN[N+](=O)[C@@H]2CC(O)CN2C(=O)[C@@H](NC(=O)CCCCCCCCCC(=O)N2CC[C@H]3CC[C@@H](C(=O)N[C@@H](CCC(N)=O)C(=O)NC(c4ccccc4)c4ccccc4)N3C(=O)[C@@H](N)C2)C(C)(C)C)cc1. The van der Waals surface area contributed by atoms with Crippen LogP contribution in [0.1, 0.15) is 146 Å². The highest BCUT2D eigenvalue weighted by Gasteiger charge is 2.49. The van der Waals surface area contributed by atoms with Crippen LogP contribution in [0.5, 0.6) is 0 Å². The number of nitroso groups, excluding NO2 is 1. The summed E-state index contributed by atoms with van der Waals surface area (Å²) in [5, 5.41) is 19.5. The van der Waals surface area contributed by atoms with E-state index in [-0.39, 0.29) is 63.2 Å². The van der Waals surface area contributed by atoms with Gasteiger partial charge in [0.05, 0.1) is 52.6 Å². The van der Waals surface area contributed by atoms with E-state index < -0.39 is 77.4 Å². The first kappa shape index (κ1) is 61.5. The Labute approximate surface area is 479 Å². The average Bonchev–Trinajstić information content (AvgIpc) is 4.44. The van der Waals surface area contributed by atoms with Crippen molar-refractivity contribution in [2.45, 2.75) is 179 Å². The van der Waals surface area contributed by atoms with E-state index in [1.165, 1.54) is 9.80 Å². The number of amides is 7. The zero-order valence-electron chi connectivity index (χ0n) is 47.2. The molecule has 3 aliphatic heterocycles. The number of benzene rings is 3. The van der Waals surface area contributed by atoms with Crippen molar-refractivity contribution in [1.29, 1.82) is 0 Å².